The van der Waals surface area contributed by atoms with Crippen molar-refractivity contribution in [3.8, 4) is 11.5 Å². The van der Waals surface area contributed by atoms with Gasteiger partial charge in [-0.1, -0.05) is 29.8 Å². The lowest BCUT2D eigenvalue weighted by molar-refractivity contribution is -0.127. The van der Waals surface area contributed by atoms with Crippen molar-refractivity contribution in [1.29, 1.82) is 0 Å². The molecule has 2 aromatic carbocycles. The van der Waals surface area contributed by atoms with Gasteiger partial charge in [-0.25, -0.2) is 0 Å². The van der Waals surface area contributed by atoms with E-state index in [9.17, 15) is 4.79 Å². The van der Waals surface area contributed by atoms with Gasteiger partial charge < -0.3 is 14.8 Å². The summed E-state index contributed by atoms with van der Waals surface area (Å²) in [5.41, 5.74) is 2.06. The van der Waals surface area contributed by atoms with Gasteiger partial charge in [-0.05, 0) is 62.1 Å². The Kier molecular flexibility index (Phi) is 7.14. The second-order valence-electron chi connectivity index (χ2n) is 5.88. The second kappa shape index (κ2) is 9.33. The van der Waals surface area contributed by atoms with Crippen LogP contribution >= 0.6 is 11.6 Å². The summed E-state index contributed by atoms with van der Waals surface area (Å²) >= 11 is 5.99. The van der Waals surface area contributed by atoms with Gasteiger partial charge in [0, 0.05) is 11.6 Å². The van der Waals surface area contributed by atoms with Crippen LogP contribution in [-0.4, -0.2) is 25.7 Å². The van der Waals surface area contributed by atoms with E-state index in [0.29, 0.717) is 17.3 Å². The number of benzene rings is 2. The molecule has 1 atom stereocenters. The highest BCUT2D eigenvalue weighted by Gasteiger charge is 2.14. The molecule has 5 heteroatoms. The molecule has 1 amide bonds. The predicted octanol–water partition coefficient (Wildman–Crippen LogP) is 4.17. The molecule has 0 bridgehead atoms. The summed E-state index contributed by atoms with van der Waals surface area (Å²) in [6.07, 6.45) is 1.11. The van der Waals surface area contributed by atoms with E-state index in [1.807, 2.05) is 37.3 Å². The molecular weight excluding hydrogens is 338 g/mol. The minimum Gasteiger partial charge on any atom is -0.496 e. The van der Waals surface area contributed by atoms with Gasteiger partial charge in [-0.2, -0.15) is 0 Å². The molecule has 0 aliphatic heterocycles. The quantitative estimate of drug-likeness (QED) is 0.718. The third kappa shape index (κ3) is 5.68. The van der Waals surface area contributed by atoms with E-state index in [1.54, 1.807) is 26.2 Å². The van der Waals surface area contributed by atoms with Crippen molar-refractivity contribution in [1.82, 2.24) is 5.32 Å². The lowest BCUT2D eigenvalue weighted by atomic mass is 10.1. The minimum atomic E-state index is -0.563. The van der Waals surface area contributed by atoms with Gasteiger partial charge in [-0.15, -0.1) is 0 Å². The van der Waals surface area contributed by atoms with Crippen molar-refractivity contribution in [3.63, 3.8) is 0 Å². The molecule has 134 valence electrons. The van der Waals surface area contributed by atoms with Gasteiger partial charge in [-0.3, -0.25) is 4.79 Å². The van der Waals surface area contributed by atoms with Crippen molar-refractivity contribution in [2.75, 3.05) is 13.7 Å². The van der Waals surface area contributed by atoms with Gasteiger partial charge in [0.2, 0.25) is 0 Å². The zero-order chi connectivity index (χ0) is 18.2. The zero-order valence-corrected chi connectivity index (χ0v) is 15.6. The van der Waals surface area contributed by atoms with E-state index >= 15 is 0 Å². The Bertz CT molecular complexity index is 718. The summed E-state index contributed by atoms with van der Waals surface area (Å²) in [7, 11) is 1.66. The summed E-state index contributed by atoms with van der Waals surface area (Å²) in [5, 5.41) is 3.59. The molecular formula is C20H24ClNO3. The third-order valence-electron chi connectivity index (χ3n) is 3.93. The Balaban J connectivity index is 1.76. The number of carbonyl (C=O) groups excluding carboxylic acids is 1. The highest BCUT2D eigenvalue weighted by molar-refractivity contribution is 6.31. The molecule has 0 saturated heterocycles. The lowest BCUT2D eigenvalue weighted by Crippen LogP contribution is -2.36. The Hall–Kier alpha value is -2.20. The molecule has 2 aromatic rings. The largest absolute Gasteiger partial charge is 0.496 e. The summed E-state index contributed by atoms with van der Waals surface area (Å²) < 4.78 is 11.0. The molecule has 0 aliphatic carbocycles. The highest BCUT2D eigenvalue weighted by atomic mass is 35.5. The first-order chi connectivity index (χ1) is 12.0. The van der Waals surface area contributed by atoms with Crippen LogP contribution in [-0.2, 0) is 11.2 Å². The van der Waals surface area contributed by atoms with Crippen molar-refractivity contribution >= 4 is 17.5 Å². The Labute approximate surface area is 154 Å². The maximum absolute atomic E-state index is 12.1. The van der Waals surface area contributed by atoms with Crippen LogP contribution in [0.4, 0.5) is 0 Å². The molecule has 2 rings (SSSR count). The van der Waals surface area contributed by atoms with Crippen LogP contribution in [0.2, 0.25) is 5.02 Å². The van der Waals surface area contributed by atoms with Gasteiger partial charge >= 0.3 is 0 Å². The average Bonchev–Trinajstić information content (AvgIpc) is 2.62. The predicted molar refractivity (Wildman–Crippen MR) is 101 cm³/mol. The molecule has 0 heterocycles. The lowest BCUT2D eigenvalue weighted by Gasteiger charge is -2.15. The van der Waals surface area contributed by atoms with Crippen LogP contribution in [0.1, 0.15) is 24.5 Å². The Morgan fingerprint density at radius 1 is 1.24 bits per heavy atom. The smallest absolute Gasteiger partial charge is 0.260 e. The summed E-state index contributed by atoms with van der Waals surface area (Å²) in [5.74, 6) is 1.38. The van der Waals surface area contributed by atoms with Crippen LogP contribution in [0.5, 0.6) is 11.5 Å². The van der Waals surface area contributed by atoms with Crippen LogP contribution in [0.15, 0.2) is 42.5 Å². The highest BCUT2D eigenvalue weighted by Crippen LogP contribution is 2.22. The number of carbonyl (C=O) groups is 1. The van der Waals surface area contributed by atoms with E-state index in [0.717, 1.165) is 29.7 Å². The Morgan fingerprint density at radius 3 is 2.72 bits per heavy atom. The number of nitrogens with one attached hydrogen (secondary N) is 1. The van der Waals surface area contributed by atoms with Gasteiger partial charge in [0.1, 0.15) is 11.5 Å². The van der Waals surface area contributed by atoms with Gasteiger partial charge in [0.05, 0.1) is 7.11 Å². The van der Waals surface area contributed by atoms with E-state index in [2.05, 4.69) is 5.32 Å². The topological polar surface area (TPSA) is 47.6 Å². The zero-order valence-electron chi connectivity index (χ0n) is 14.8. The molecule has 0 saturated carbocycles. The average molecular weight is 362 g/mol. The minimum absolute atomic E-state index is 0.132. The maximum Gasteiger partial charge on any atom is 0.260 e. The van der Waals surface area contributed by atoms with Crippen molar-refractivity contribution in [2.45, 2.75) is 32.8 Å². The number of halogens is 1. The standard InChI is InChI=1S/C20H24ClNO3/c1-14-13-17(10-11-18(14)21)25-15(2)20(23)22-12-6-8-16-7-4-5-9-19(16)24-3/h4-5,7,9-11,13,15H,6,8,12H2,1-3H3,(H,22,23). The molecule has 25 heavy (non-hydrogen) atoms. The van der Waals surface area contributed by atoms with Crippen molar-refractivity contribution in [2.24, 2.45) is 0 Å². The molecule has 0 aromatic heterocycles. The van der Waals surface area contributed by atoms with Crippen LogP contribution in [0.25, 0.3) is 0 Å². The van der Waals surface area contributed by atoms with Crippen molar-refractivity contribution < 1.29 is 14.3 Å². The molecule has 0 radical (unpaired) electrons. The monoisotopic (exact) mass is 361 g/mol. The van der Waals surface area contributed by atoms with E-state index < -0.39 is 6.10 Å². The van der Waals surface area contributed by atoms with E-state index in [4.69, 9.17) is 21.1 Å². The number of ether oxygens (including phenoxy) is 2. The fourth-order valence-electron chi connectivity index (χ4n) is 2.49. The summed E-state index contributed by atoms with van der Waals surface area (Å²) in [6.45, 7) is 4.22. The Morgan fingerprint density at radius 2 is 2.00 bits per heavy atom. The maximum atomic E-state index is 12.1. The van der Waals surface area contributed by atoms with Gasteiger partial charge in [0.15, 0.2) is 6.10 Å². The number of amides is 1. The SMILES string of the molecule is COc1ccccc1CCCNC(=O)C(C)Oc1ccc(Cl)c(C)c1. The summed E-state index contributed by atoms with van der Waals surface area (Å²) in [6, 6.07) is 13.3. The van der Waals surface area contributed by atoms with Crippen LogP contribution < -0.4 is 14.8 Å². The first-order valence-corrected chi connectivity index (χ1v) is 8.71. The first kappa shape index (κ1) is 19.1. The molecule has 0 fully saturated rings. The number of rotatable bonds is 8. The van der Waals surface area contributed by atoms with Crippen molar-refractivity contribution in [3.05, 3.63) is 58.6 Å². The van der Waals surface area contributed by atoms with Crippen LogP contribution in [0.3, 0.4) is 0 Å². The fraction of sp³-hybridized carbons (Fsp3) is 0.350. The fourth-order valence-corrected chi connectivity index (χ4v) is 2.61. The molecule has 0 aliphatic rings. The molecule has 4 nitrogen and oxygen atoms in total. The first-order valence-electron chi connectivity index (χ1n) is 8.33. The van der Waals surface area contributed by atoms with Crippen LogP contribution in [0, 0.1) is 6.92 Å². The number of para-hydroxylation sites is 1. The normalized spacial score (nSPS) is 11.7. The van der Waals surface area contributed by atoms with E-state index in [-0.39, 0.29) is 5.91 Å². The second-order valence-corrected chi connectivity index (χ2v) is 6.28. The number of hydrogen-bond acceptors (Lipinski definition) is 3. The molecule has 1 unspecified atom stereocenters. The molecule has 0 spiro atoms. The number of methoxy groups -OCH3 is 1. The van der Waals surface area contributed by atoms with Gasteiger partial charge in [0.25, 0.3) is 5.91 Å². The number of aryl methyl sites for hydroxylation is 2. The van der Waals surface area contributed by atoms with E-state index in [1.165, 1.54) is 0 Å². The third-order valence-corrected chi connectivity index (χ3v) is 4.35. The molecule has 1 N–H and O–H groups in total. The number of hydrogen-bond donors (Lipinski definition) is 1. The summed E-state index contributed by atoms with van der Waals surface area (Å²) in [4.78, 5) is 12.1.